The maximum Gasteiger partial charge on any atom is 0.153 e. The van der Waals surface area contributed by atoms with Crippen LogP contribution in [0.15, 0.2) is 12.7 Å². The third-order valence-electron chi connectivity index (χ3n) is 2.33. The average Bonchev–Trinajstić information content (AvgIpc) is 2.42. The topological polar surface area (TPSA) is 34.9 Å². The summed E-state index contributed by atoms with van der Waals surface area (Å²) < 4.78 is 1.89. The molecule has 0 amide bonds. The van der Waals surface area contributed by atoms with Crippen LogP contribution in [0.3, 0.4) is 0 Å². The van der Waals surface area contributed by atoms with Gasteiger partial charge in [-0.2, -0.15) is 5.10 Å². The van der Waals surface area contributed by atoms with Gasteiger partial charge in [-0.05, 0) is 26.7 Å². The van der Waals surface area contributed by atoms with E-state index in [-0.39, 0.29) is 0 Å². The molecule has 0 saturated carbocycles. The molecule has 0 aliphatic carbocycles. The zero-order valence-electron chi connectivity index (χ0n) is 8.79. The fourth-order valence-electron chi connectivity index (χ4n) is 1.48. The van der Waals surface area contributed by atoms with Gasteiger partial charge in [0.05, 0.1) is 11.3 Å². The highest BCUT2D eigenvalue weighted by molar-refractivity contribution is 5.77. The van der Waals surface area contributed by atoms with E-state index in [1.54, 1.807) is 0 Å². The monoisotopic (exact) mass is 192 g/mol. The Morgan fingerprint density at radius 2 is 2.21 bits per heavy atom. The van der Waals surface area contributed by atoms with Crippen LogP contribution in [0.4, 0.5) is 0 Å². The Bertz CT molecular complexity index is 339. The van der Waals surface area contributed by atoms with Crippen molar-refractivity contribution in [2.75, 3.05) is 0 Å². The molecule has 0 aromatic carbocycles. The lowest BCUT2D eigenvalue weighted by Gasteiger charge is -2.02. The second-order valence-corrected chi connectivity index (χ2v) is 3.36. The smallest absolute Gasteiger partial charge is 0.153 e. The molecule has 0 radical (unpaired) electrons. The quantitative estimate of drug-likeness (QED) is 0.407. The molecular weight excluding hydrogens is 176 g/mol. The maximum absolute atomic E-state index is 10.7. The first-order valence-corrected chi connectivity index (χ1v) is 4.80. The Balaban J connectivity index is 2.77. The minimum absolute atomic E-state index is 0.726. The summed E-state index contributed by atoms with van der Waals surface area (Å²) in [6.45, 7) is 8.31. The molecule has 1 heterocycles. The fourth-order valence-corrected chi connectivity index (χ4v) is 1.48. The van der Waals surface area contributed by atoms with Gasteiger partial charge in [0, 0.05) is 12.2 Å². The lowest BCUT2D eigenvalue weighted by atomic mass is 10.2. The Morgan fingerprint density at radius 3 is 2.71 bits per heavy atom. The Morgan fingerprint density at radius 1 is 1.50 bits per heavy atom. The molecule has 1 aromatic rings. The van der Waals surface area contributed by atoms with Crippen molar-refractivity contribution in [1.29, 1.82) is 0 Å². The van der Waals surface area contributed by atoms with Crippen molar-refractivity contribution < 1.29 is 4.79 Å². The van der Waals surface area contributed by atoms with Crippen LogP contribution in [0.2, 0.25) is 0 Å². The summed E-state index contributed by atoms with van der Waals surface area (Å²) in [7, 11) is 0. The van der Waals surface area contributed by atoms with E-state index in [1.807, 2.05) is 24.6 Å². The second kappa shape index (κ2) is 4.74. The van der Waals surface area contributed by atoms with Crippen molar-refractivity contribution >= 4 is 6.29 Å². The van der Waals surface area contributed by atoms with Gasteiger partial charge in [-0.1, -0.05) is 6.08 Å². The highest BCUT2D eigenvalue weighted by Crippen LogP contribution is 2.11. The highest BCUT2D eigenvalue weighted by atomic mass is 16.1. The molecule has 0 saturated heterocycles. The lowest BCUT2D eigenvalue weighted by molar-refractivity contribution is 0.112. The largest absolute Gasteiger partial charge is 0.298 e. The maximum atomic E-state index is 10.7. The van der Waals surface area contributed by atoms with E-state index in [2.05, 4.69) is 11.7 Å². The molecule has 14 heavy (non-hydrogen) atoms. The van der Waals surface area contributed by atoms with Crippen molar-refractivity contribution in [3.05, 3.63) is 29.6 Å². The van der Waals surface area contributed by atoms with Crippen LogP contribution in [0.5, 0.6) is 0 Å². The van der Waals surface area contributed by atoms with Crippen LogP contribution in [0.25, 0.3) is 0 Å². The number of rotatable bonds is 5. The van der Waals surface area contributed by atoms with Gasteiger partial charge in [-0.3, -0.25) is 9.48 Å². The van der Waals surface area contributed by atoms with Crippen LogP contribution in [0.1, 0.15) is 34.6 Å². The summed E-state index contributed by atoms with van der Waals surface area (Å²) in [5, 5.41) is 4.30. The molecule has 0 spiro atoms. The van der Waals surface area contributed by atoms with Gasteiger partial charge in [0.2, 0.25) is 0 Å². The van der Waals surface area contributed by atoms with E-state index < -0.39 is 0 Å². The summed E-state index contributed by atoms with van der Waals surface area (Å²) >= 11 is 0. The Hall–Kier alpha value is -1.38. The van der Waals surface area contributed by atoms with E-state index in [0.717, 1.165) is 42.6 Å². The van der Waals surface area contributed by atoms with Gasteiger partial charge in [-0.25, -0.2) is 0 Å². The SMILES string of the molecule is C=CCCCn1nc(C)c(C=O)c1C. The van der Waals surface area contributed by atoms with Gasteiger partial charge >= 0.3 is 0 Å². The molecule has 1 aromatic heterocycles. The summed E-state index contributed by atoms with van der Waals surface area (Å²) in [5.41, 5.74) is 2.50. The number of unbranched alkanes of at least 4 members (excludes halogenated alkanes) is 1. The molecule has 1 rings (SSSR count). The number of carbonyl (C=O) groups is 1. The van der Waals surface area contributed by atoms with E-state index in [9.17, 15) is 4.79 Å². The summed E-state index contributed by atoms with van der Waals surface area (Å²) in [5.74, 6) is 0. The number of hydrogen-bond acceptors (Lipinski definition) is 2. The first kappa shape index (κ1) is 10.7. The lowest BCUT2D eigenvalue weighted by Crippen LogP contribution is -2.02. The number of nitrogens with zero attached hydrogens (tertiary/aromatic N) is 2. The third kappa shape index (κ3) is 2.10. The molecule has 3 heteroatoms. The van der Waals surface area contributed by atoms with Gasteiger partial charge < -0.3 is 0 Å². The van der Waals surface area contributed by atoms with E-state index in [1.165, 1.54) is 0 Å². The number of allylic oxidation sites excluding steroid dienone is 1. The first-order valence-electron chi connectivity index (χ1n) is 4.80. The average molecular weight is 192 g/mol. The van der Waals surface area contributed by atoms with E-state index >= 15 is 0 Å². The van der Waals surface area contributed by atoms with Gasteiger partial charge in [0.1, 0.15) is 0 Å². The molecule has 0 N–H and O–H groups in total. The zero-order chi connectivity index (χ0) is 10.6. The number of hydrogen-bond donors (Lipinski definition) is 0. The van der Waals surface area contributed by atoms with Gasteiger partial charge in [-0.15, -0.1) is 6.58 Å². The Kier molecular flexibility index (Phi) is 3.63. The van der Waals surface area contributed by atoms with Crippen LogP contribution >= 0.6 is 0 Å². The predicted octanol–water partition coefficient (Wildman–Crippen LogP) is 2.28. The molecule has 0 unspecified atom stereocenters. The second-order valence-electron chi connectivity index (χ2n) is 3.36. The number of carbonyl (C=O) groups excluding carboxylic acids is 1. The molecule has 0 aliphatic heterocycles. The standard InChI is InChI=1S/C11H16N2O/c1-4-5-6-7-13-10(3)11(8-14)9(2)12-13/h4,8H,1,5-7H2,2-3H3. The number of aromatic nitrogens is 2. The van der Waals surface area contributed by atoms with Gasteiger partial charge in [0.25, 0.3) is 0 Å². The summed E-state index contributed by atoms with van der Waals surface area (Å²) in [4.78, 5) is 10.7. The fraction of sp³-hybridized carbons (Fsp3) is 0.455. The van der Waals surface area contributed by atoms with Crippen LogP contribution in [0, 0.1) is 13.8 Å². The molecule has 76 valence electrons. The van der Waals surface area contributed by atoms with Crippen LogP contribution < -0.4 is 0 Å². The number of aldehydes is 1. The van der Waals surface area contributed by atoms with Crippen molar-refractivity contribution in [3.63, 3.8) is 0 Å². The van der Waals surface area contributed by atoms with Crippen molar-refractivity contribution in [3.8, 4) is 0 Å². The molecule has 3 nitrogen and oxygen atoms in total. The van der Waals surface area contributed by atoms with E-state index in [4.69, 9.17) is 0 Å². The van der Waals surface area contributed by atoms with Crippen LogP contribution in [-0.2, 0) is 6.54 Å². The normalized spacial score (nSPS) is 10.1. The van der Waals surface area contributed by atoms with E-state index in [0.29, 0.717) is 0 Å². The molecule has 0 bridgehead atoms. The summed E-state index contributed by atoms with van der Waals surface area (Å²) in [6, 6.07) is 0. The predicted molar refractivity (Wildman–Crippen MR) is 56.5 cm³/mol. The number of aryl methyl sites for hydroxylation is 2. The summed E-state index contributed by atoms with van der Waals surface area (Å²) in [6.07, 6.45) is 4.77. The minimum Gasteiger partial charge on any atom is -0.298 e. The molecule has 0 aliphatic rings. The Labute approximate surface area is 84.4 Å². The molecule has 0 fully saturated rings. The van der Waals surface area contributed by atoms with Gasteiger partial charge in [0.15, 0.2) is 6.29 Å². The van der Waals surface area contributed by atoms with Crippen molar-refractivity contribution in [2.45, 2.75) is 33.2 Å². The third-order valence-corrected chi connectivity index (χ3v) is 2.33. The zero-order valence-corrected chi connectivity index (χ0v) is 8.79. The minimum atomic E-state index is 0.726. The molecule has 0 atom stereocenters. The first-order chi connectivity index (χ1) is 6.70. The molecular formula is C11H16N2O. The van der Waals surface area contributed by atoms with Crippen LogP contribution in [-0.4, -0.2) is 16.1 Å². The highest BCUT2D eigenvalue weighted by Gasteiger charge is 2.09. The van der Waals surface area contributed by atoms with Crippen molar-refractivity contribution in [1.82, 2.24) is 9.78 Å². The van der Waals surface area contributed by atoms with Crippen molar-refractivity contribution in [2.24, 2.45) is 0 Å².